The molecular formula is C53H42BIrK2N4O7. The number of pyridine rings is 4. The smallest absolute Gasteiger partial charge is 1.00 e. The predicted molar refractivity (Wildman–Crippen MR) is 256 cm³/mol. The topological polar surface area (TPSA) is 176 Å². The van der Waals surface area contributed by atoms with E-state index in [0.29, 0.717) is 11.0 Å². The third-order valence-corrected chi connectivity index (χ3v) is 8.84. The normalized spacial score (nSPS) is 9.13. The first-order chi connectivity index (χ1) is 30.3. The molecule has 0 aliphatic carbocycles. The van der Waals surface area contributed by atoms with Gasteiger partial charge in [0, 0.05) is 54.1 Å². The van der Waals surface area contributed by atoms with Crippen molar-refractivity contribution in [2.45, 2.75) is 0 Å². The molecule has 0 unspecified atom stereocenters. The average molecular weight is 1130 g/mol. The van der Waals surface area contributed by atoms with Gasteiger partial charge < -0.3 is 21.8 Å². The number of aromatic carboxylic acids is 2. The van der Waals surface area contributed by atoms with Gasteiger partial charge in [-0.3, -0.25) is 14.8 Å². The third-order valence-electron chi connectivity index (χ3n) is 8.84. The molecule has 0 saturated heterocycles. The second-order valence-electron chi connectivity index (χ2n) is 12.9. The zero-order valence-corrected chi connectivity index (χ0v) is 46.3. The molecule has 0 aliphatic heterocycles. The van der Waals surface area contributed by atoms with Gasteiger partial charge in [-0.25, -0.2) is 19.6 Å². The summed E-state index contributed by atoms with van der Waals surface area (Å²) >= 11 is 0. The molecule has 330 valence electrons. The van der Waals surface area contributed by atoms with Crippen molar-refractivity contribution in [3.63, 3.8) is 0 Å². The molecule has 0 saturated carbocycles. The molecule has 0 spiro atoms. The van der Waals surface area contributed by atoms with E-state index in [9.17, 15) is 9.59 Å². The number of para-hydroxylation sites is 4. The number of fused-ring (bicyclic) bond motifs is 4. The van der Waals surface area contributed by atoms with Crippen LogP contribution in [0.2, 0.25) is 0 Å². The quantitative estimate of drug-likeness (QED) is 0.0825. The molecule has 11 nitrogen and oxygen atoms in total. The minimum Gasteiger partial charge on any atom is -1.00 e. The number of hydrogen-bond acceptors (Lipinski definition) is 9. The fraction of sp³-hybridized carbons (Fsp3) is 0. The molecule has 0 bridgehead atoms. The first kappa shape index (κ1) is 63.1. The molecule has 4 radical (unpaired) electrons. The zero-order chi connectivity index (χ0) is 43.5. The van der Waals surface area contributed by atoms with Gasteiger partial charge in [0.05, 0.1) is 22.1 Å². The summed E-state index contributed by atoms with van der Waals surface area (Å²) in [5.41, 5.74) is 7.65. The SMILES string of the molecule is O=C(O)c1ccc2ccccc2n1.O=C(O)c1ccc2ccccc2n1.O=CO[O-].[B].[CH3+].[CH3+].[H-].[Ir].[K+].[K+].[c-]1ccccc1-c1ccc2ccccc2n1.[c-]1ccccc1-c1ccc2ccccc2n1. The van der Waals surface area contributed by atoms with Crippen molar-refractivity contribution >= 4 is 70.4 Å². The molecule has 0 aliphatic rings. The van der Waals surface area contributed by atoms with Crippen molar-refractivity contribution in [1.29, 1.82) is 0 Å². The number of benzene rings is 6. The molecule has 0 atom stereocenters. The summed E-state index contributed by atoms with van der Waals surface area (Å²) in [6, 6.07) is 68.1. The van der Waals surface area contributed by atoms with E-state index >= 15 is 0 Å². The maximum atomic E-state index is 10.6. The Kier molecular flexibility index (Phi) is 31.1. The van der Waals surface area contributed by atoms with Crippen LogP contribution in [-0.2, 0) is 29.8 Å². The fourth-order valence-electron chi connectivity index (χ4n) is 5.91. The first-order valence-electron chi connectivity index (χ1n) is 18.9. The van der Waals surface area contributed by atoms with Gasteiger partial charge in [-0.2, -0.15) is 0 Å². The number of aromatic nitrogens is 4. The maximum Gasteiger partial charge on any atom is 1.00 e. The molecule has 4 heterocycles. The van der Waals surface area contributed by atoms with E-state index in [1.165, 1.54) is 22.9 Å². The maximum absolute atomic E-state index is 10.6. The minimum absolute atomic E-state index is 0. The number of hydrogen-bond donors (Lipinski definition) is 2. The van der Waals surface area contributed by atoms with Crippen LogP contribution in [-0.4, -0.2) is 57.0 Å². The van der Waals surface area contributed by atoms with E-state index in [1.807, 2.05) is 133 Å². The van der Waals surface area contributed by atoms with Gasteiger partial charge in [0.2, 0.25) is 0 Å². The van der Waals surface area contributed by atoms with Crippen molar-refractivity contribution < 1.29 is 159 Å². The number of carboxylic acids is 2. The first-order valence-corrected chi connectivity index (χ1v) is 18.9. The fourth-order valence-corrected chi connectivity index (χ4v) is 5.91. The van der Waals surface area contributed by atoms with Crippen LogP contribution in [0.15, 0.2) is 194 Å². The van der Waals surface area contributed by atoms with E-state index in [-0.39, 0.29) is 165 Å². The summed E-state index contributed by atoms with van der Waals surface area (Å²) in [6.45, 7) is -0.181. The van der Waals surface area contributed by atoms with E-state index in [2.05, 4.69) is 61.2 Å². The van der Waals surface area contributed by atoms with Gasteiger partial charge in [-0.05, 0) is 58.6 Å². The molecule has 6 aromatic carbocycles. The molecule has 2 N–H and O–H groups in total. The van der Waals surface area contributed by atoms with Gasteiger partial charge in [-0.15, -0.1) is 71.8 Å². The summed E-state index contributed by atoms with van der Waals surface area (Å²) in [7, 11) is 0. The van der Waals surface area contributed by atoms with Crippen LogP contribution in [0.5, 0.6) is 0 Å². The van der Waals surface area contributed by atoms with Crippen molar-refractivity contribution in [3.8, 4) is 22.5 Å². The molecule has 10 aromatic rings. The minimum atomic E-state index is -0.995. The van der Waals surface area contributed by atoms with Crippen LogP contribution in [0.1, 0.15) is 22.4 Å². The van der Waals surface area contributed by atoms with Gasteiger partial charge in [0.25, 0.3) is 6.47 Å². The van der Waals surface area contributed by atoms with Gasteiger partial charge in [-0.1, -0.05) is 109 Å². The summed E-state index contributed by atoms with van der Waals surface area (Å²) < 4.78 is 0. The van der Waals surface area contributed by atoms with Crippen LogP contribution in [0, 0.1) is 27.0 Å². The Morgan fingerprint density at radius 2 is 0.750 bits per heavy atom. The van der Waals surface area contributed by atoms with Gasteiger partial charge in [0.15, 0.2) is 0 Å². The Morgan fingerprint density at radius 3 is 1.03 bits per heavy atom. The molecule has 4 aromatic heterocycles. The van der Waals surface area contributed by atoms with Gasteiger partial charge in [0.1, 0.15) is 11.4 Å². The molecule has 68 heavy (non-hydrogen) atoms. The third kappa shape index (κ3) is 18.9. The van der Waals surface area contributed by atoms with Crippen LogP contribution in [0.4, 0.5) is 0 Å². The summed E-state index contributed by atoms with van der Waals surface area (Å²) in [5, 5.41) is 30.0. The number of carbonyl (C=O) groups excluding carboxylic acids is 1. The predicted octanol–water partition coefficient (Wildman–Crippen LogP) is 4.34. The largest absolute Gasteiger partial charge is 1.00 e. The Labute approximate surface area is 497 Å². The number of nitrogens with zero attached hydrogens (tertiary/aromatic N) is 4. The zero-order valence-electron chi connectivity index (χ0n) is 38.7. The summed E-state index contributed by atoms with van der Waals surface area (Å²) in [6.07, 6.45) is 0. The monoisotopic (exact) mass is 1130 g/mol. The van der Waals surface area contributed by atoms with E-state index in [1.54, 1.807) is 24.3 Å². The van der Waals surface area contributed by atoms with Crippen molar-refractivity contribution in [2.24, 2.45) is 0 Å². The second kappa shape index (κ2) is 33.5. The summed E-state index contributed by atoms with van der Waals surface area (Å²) in [4.78, 5) is 49.6. The number of carboxylic acid groups (broad SMARTS) is 2. The Balaban J connectivity index is 0. The molecule has 0 fully saturated rings. The van der Waals surface area contributed by atoms with Crippen LogP contribution in [0.3, 0.4) is 0 Å². The Bertz CT molecular complexity index is 2890. The summed E-state index contributed by atoms with van der Waals surface area (Å²) in [5.74, 6) is -1.99. The Hall–Kier alpha value is -4.94. The van der Waals surface area contributed by atoms with E-state index in [4.69, 9.17) is 20.3 Å². The van der Waals surface area contributed by atoms with Crippen molar-refractivity contribution in [3.05, 3.63) is 232 Å². The molecular weight excluding hydrogens is 1090 g/mol. The van der Waals surface area contributed by atoms with Gasteiger partial charge >= 0.3 is 115 Å². The number of carbonyl (C=O) groups is 3. The van der Waals surface area contributed by atoms with Crippen molar-refractivity contribution in [1.82, 2.24) is 19.9 Å². The van der Waals surface area contributed by atoms with E-state index in [0.717, 1.165) is 44.3 Å². The second-order valence-corrected chi connectivity index (χ2v) is 12.9. The van der Waals surface area contributed by atoms with Crippen LogP contribution in [0.25, 0.3) is 66.1 Å². The van der Waals surface area contributed by atoms with Crippen molar-refractivity contribution in [2.75, 3.05) is 0 Å². The molecule has 15 heteroatoms. The molecule has 0 amide bonds. The Morgan fingerprint density at radius 1 is 0.471 bits per heavy atom. The van der Waals surface area contributed by atoms with Crippen LogP contribution < -0.4 is 108 Å². The standard InChI is InChI=1S/2C15H10N.2C10H7NO2.CH2O3.2CH3.B.Ir.2K.H/c2*1-2-6-12(7-3-1)15-11-10-13-8-4-5-9-14(13)16-15;2*12-10(13)9-6-5-7-3-1-2-4-8(7)11-9;2-1-4-3;;;;;;;/h2*1-6,8-11H;2*1-6H,(H,12,13);1,3H;2*1H3;;;;;/q2*-1;;;;2*+1;;;2*+1;-1/p-1. The van der Waals surface area contributed by atoms with E-state index < -0.39 is 11.9 Å². The number of rotatable bonds is 5. The molecule has 10 rings (SSSR count). The average Bonchev–Trinajstić information content (AvgIpc) is 3.34. The van der Waals surface area contributed by atoms with Crippen LogP contribution >= 0.6 is 0 Å².